The number of benzene rings is 2. The Morgan fingerprint density at radius 3 is 2.32 bits per heavy atom. The first-order valence-electron chi connectivity index (χ1n) is 6.29. The minimum atomic E-state index is 0.403. The highest BCUT2D eigenvalue weighted by molar-refractivity contribution is 5.87. The van der Waals surface area contributed by atoms with E-state index in [0.29, 0.717) is 17.7 Å². The standard InChI is InChI=1S/C16H14N2O/c1-2-3-6-19-16-5-4-12-7-14(10-17)15(11-18)8-13(12)9-16/h4-5,7-9H,2-3,6H2,1H3. The molecule has 2 rings (SSSR count). The molecule has 2 aromatic rings. The summed E-state index contributed by atoms with van der Waals surface area (Å²) in [4.78, 5) is 0. The molecular weight excluding hydrogens is 236 g/mol. The number of unbranched alkanes of at least 4 members (excludes halogenated alkanes) is 1. The monoisotopic (exact) mass is 250 g/mol. The van der Waals surface area contributed by atoms with Gasteiger partial charge in [0.25, 0.3) is 0 Å². The topological polar surface area (TPSA) is 56.8 Å². The molecule has 0 N–H and O–H groups in total. The Morgan fingerprint density at radius 1 is 1.00 bits per heavy atom. The lowest BCUT2D eigenvalue weighted by Gasteiger charge is -2.07. The Labute approximate surface area is 112 Å². The normalized spacial score (nSPS) is 9.84. The molecular formula is C16H14N2O. The summed E-state index contributed by atoms with van der Waals surface area (Å²) in [6.45, 7) is 2.82. The van der Waals surface area contributed by atoms with Crippen LogP contribution in [0.15, 0.2) is 30.3 Å². The molecule has 0 amide bonds. The van der Waals surface area contributed by atoms with E-state index in [2.05, 4.69) is 6.92 Å². The Balaban J connectivity index is 2.38. The van der Waals surface area contributed by atoms with Crippen LogP contribution in [0.4, 0.5) is 0 Å². The first-order chi connectivity index (χ1) is 9.28. The van der Waals surface area contributed by atoms with Gasteiger partial charge in [-0.05, 0) is 41.5 Å². The number of fused-ring (bicyclic) bond motifs is 1. The number of hydrogen-bond donors (Lipinski definition) is 0. The number of hydrogen-bond acceptors (Lipinski definition) is 3. The highest BCUT2D eigenvalue weighted by Crippen LogP contribution is 2.24. The molecule has 3 nitrogen and oxygen atoms in total. The predicted octanol–water partition coefficient (Wildman–Crippen LogP) is 3.76. The van der Waals surface area contributed by atoms with E-state index in [0.717, 1.165) is 29.4 Å². The van der Waals surface area contributed by atoms with Crippen molar-refractivity contribution in [3.05, 3.63) is 41.5 Å². The summed E-state index contributed by atoms with van der Waals surface area (Å²) in [5.41, 5.74) is 0.815. The van der Waals surface area contributed by atoms with Gasteiger partial charge in [0, 0.05) is 0 Å². The number of ether oxygens (including phenoxy) is 1. The number of nitriles is 2. The summed E-state index contributed by atoms with van der Waals surface area (Å²) in [7, 11) is 0. The summed E-state index contributed by atoms with van der Waals surface area (Å²) in [6, 6.07) is 13.3. The molecule has 0 saturated heterocycles. The fourth-order valence-electron chi connectivity index (χ4n) is 1.88. The van der Waals surface area contributed by atoms with Gasteiger partial charge in [-0.15, -0.1) is 0 Å². The molecule has 19 heavy (non-hydrogen) atoms. The van der Waals surface area contributed by atoms with Crippen molar-refractivity contribution >= 4 is 10.8 Å². The maximum atomic E-state index is 9.02. The van der Waals surface area contributed by atoms with Crippen molar-refractivity contribution in [3.8, 4) is 17.9 Å². The van der Waals surface area contributed by atoms with Gasteiger partial charge >= 0.3 is 0 Å². The van der Waals surface area contributed by atoms with E-state index >= 15 is 0 Å². The van der Waals surface area contributed by atoms with E-state index in [1.165, 1.54) is 0 Å². The zero-order valence-corrected chi connectivity index (χ0v) is 10.8. The third-order valence-corrected chi connectivity index (χ3v) is 2.96. The molecule has 0 aliphatic rings. The van der Waals surface area contributed by atoms with Gasteiger partial charge in [0.15, 0.2) is 0 Å². The van der Waals surface area contributed by atoms with Crippen molar-refractivity contribution in [1.29, 1.82) is 10.5 Å². The van der Waals surface area contributed by atoms with Gasteiger partial charge in [-0.3, -0.25) is 0 Å². The molecule has 0 aliphatic heterocycles. The Bertz CT molecular complexity index is 677. The molecule has 0 aromatic heterocycles. The van der Waals surface area contributed by atoms with Crippen LogP contribution in [0.5, 0.6) is 5.75 Å². The molecule has 0 spiro atoms. The van der Waals surface area contributed by atoms with Crippen LogP contribution < -0.4 is 4.74 Å². The zero-order valence-electron chi connectivity index (χ0n) is 10.8. The lowest BCUT2D eigenvalue weighted by Crippen LogP contribution is -1.96. The van der Waals surface area contributed by atoms with E-state index in [1.54, 1.807) is 12.1 Å². The van der Waals surface area contributed by atoms with Crippen LogP contribution >= 0.6 is 0 Å². The van der Waals surface area contributed by atoms with E-state index in [4.69, 9.17) is 15.3 Å². The summed E-state index contributed by atoms with van der Waals surface area (Å²) in [6.07, 6.45) is 2.12. The van der Waals surface area contributed by atoms with Crippen LogP contribution in [0.3, 0.4) is 0 Å². The average molecular weight is 250 g/mol. The Hall–Kier alpha value is -2.52. The van der Waals surface area contributed by atoms with Crippen LogP contribution in [0.25, 0.3) is 10.8 Å². The summed E-state index contributed by atoms with van der Waals surface area (Å²) in [5.74, 6) is 0.801. The summed E-state index contributed by atoms with van der Waals surface area (Å²) < 4.78 is 5.64. The first kappa shape index (κ1) is 12.9. The SMILES string of the molecule is CCCCOc1ccc2cc(C#N)c(C#N)cc2c1. The van der Waals surface area contributed by atoms with Crippen molar-refractivity contribution in [3.63, 3.8) is 0 Å². The molecule has 0 aliphatic carbocycles. The second-order valence-electron chi connectivity index (χ2n) is 4.33. The second kappa shape index (κ2) is 5.89. The zero-order chi connectivity index (χ0) is 13.7. The average Bonchev–Trinajstić information content (AvgIpc) is 2.46. The maximum Gasteiger partial charge on any atom is 0.119 e. The van der Waals surface area contributed by atoms with E-state index in [-0.39, 0.29) is 0 Å². The van der Waals surface area contributed by atoms with Crippen LogP contribution in [-0.4, -0.2) is 6.61 Å². The minimum Gasteiger partial charge on any atom is -0.494 e. The van der Waals surface area contributed by atoms with Gasteiger partial charge in [0.2, 0.25) is 0 Å². The largest absolute Gasteiger partial charge is 0.494 e. The molecule has 0 bridgehead atoms. The minimum absolute atomic E-state index is 0.403. The first-order valence-corrected chi connectivity index (χ1v) is 6.29. The van der Waals surface area contributed by atoms with Gasteiger partial charge < -0.3 is 4.74 Å². The van der Waals surface area contributed by atoms with Crippen LogP contribution in [0, 0.1) is 22.7 Å². The lowest BCUT2D eigenvalue weighted by molar-refractivity contribution is 0.310. The molecule has 0 heterocycles. The Morgan fingerprint density at radius 2 is 1.68 bits per heavy atom. The molecule has 0 atom stereocenters. The van der Waals surface area contributed by atoms with Gasteiger partial charge in [-0.1, -0.05) is 19.4 Å². The maximum absolute atomic E-state index is 9.02. The second-order valence-corrected chi connectivity index (χ2v) is 4.33. The van der Waals surface area contributed by atoms with Crippen molar-refractivity contribution in [2.24, 2.45) is 0 Å². The van der Waals surface area contributed by atoms with Crippen molar-refractivity contribution in [2.75, 3.05) is 6.61 Å². The van der Waals surface area contributed by atoms with Gasteiger partial charge in [0.05, 0.1) is 17.7 Å². The highest BCUT2D eigenvalue weighted by atomic mass is 16.5. The molecule has 0 unspecified atom stereocenters. The van der Waals surface area contributed by atoms with Crippen LogP contribution in [-0.2, 0) is 0 Å². The molecule has 0 saturated carbocycles. The van der Waals surface area contributed by atoms with Gasteiger partial charge in [-0.2, -0.15) is 10.5 Å². The molecule has 2 aromatic carbocycles. The van der Waals surface area contributed by atoms with E-state index < -0.39 is 0 Å². The van der Waals surface area contributed by atoms with Gasteiger partial charge in [0.1, 0.15) is 17.9 Å². The fraction of sp³-hybridized carbons (Fsp3) is 0.250. The smallest absolute Gasteiger partial charge is 0.119 e. The molecule has 0 fully saturated rings. The van der Waals surface area contributed by atoms with Crippen LogP contribution in [0.2, 0.25) is 0 Å². The van der Waals surface area contributed by atoms with Crippen molar-refractivity contribution in [2.45, 2.75) is 19.8 Å². The lowest BCUT2D eigenvalue weighted by atomic mass is 10.0. The summed E-state index contributed by atoms with van der Waals surface area (Å²) >= 11 is 0. The third-order valence-electron chi connectivity index (χ3n) is 2.96. The molecule has 94 valence electrons. The summed E-state index contributed by atoms with van der Waals surface area (Å²) in [5, 5.41) is 19.9. The van der Waals surface area contributed by atoms with Crippen LogP contribution in [0.1, 0.15) is 30.9 Å². The molecule has 0 radical (unpaired) electrons. The number of nitrogens with zero attached hydrogens (tertiary/aromatic N) is 2. The number of rotatable bonds is 4. The fourth-order valence-corrected chi connectivity index (χ4v) is 1.88. The predicted molar refractivity (Wildman–Crippen MR) is 73.8 cm³/mol. The highest BCUT2D eigenvalue weighted by Gasteiger charge is 2.05. The van der Waals surface area contributed by atoms with E-state index in [1.807, 2.05) is 30.3 Å². The Kier molecular flexibility index (Phi) is 4.00. The quantitative estimate of drug-likeness (QED) is 0.776. The van der Waals surface area contributed by atoms with Gasteiger partial charge in [-0.25, -0.2) is 0 Å². The van der Waals surface area contributed by atoms with E-state index in [9.17, 15) is 0 Å². The van der Waals surface area contributed by atoms with Crippen molar-refractivity contribution < 1.29 is 4.74 Å². The van der Waals surface area contributed by atoms with Crippen molar-refractivity contribution in [1.82, 2.24) is 0 Å². The molecule has 3 heteroatoms. The third kappa shape index (κ3) is 2.84.